The van der Waals surface area contributed by atoms with Gasteiger partial charge in [0.1, 0.15) is 0 Å². The van der Waals surface area contributed by atoms with Crippen molar-refractivity contribution in [3.05, 3.63) is 23.8 Å². The van der Waals surface area contributed by atoms with E-state index < -0.39 is 5.97 Å². The highest BCUT2D eigenvalue weighted by Gasteiger charge is 2.08. The number of hydrogen-bond acceptors (Lipinski definition) is 3. The fourth-order valence-corrected chi connectivity index (χ4v) is 2.89. The lowest BCUT2D eigenvalue weighted by atomic mass is 10.1. The number of carboxylic acid groups (broad SMARTS) is 1. The Morgan fingerprint density at radius 2 is 2.26 bits per heavy atom. The largest absolute Gasteiger partial charge is 0.481 e. The fraction of sp³-hybridized carbons (Fsp3) is 0.429. The quantitative estimate of drug-likeness (QED) is 0.651. The van der Waals surface area contributed by atoms with E-state index in [4.69, 9.17) is 5.11 Å². The average molecular weight is 278 g/mol. The van der Waals surface area contributed by atoms with Gasteiger partial charge in [0.25, 0.3) is 0 Å². The first-order valence-electron chi connectivity index (χ1n) is 6.41. The van der Waals surface area contributed by atoms with E-state index in [2.05, 4.69) is 34.7 Å². The number of nitrogens with zero attached hydrogens (tertiary/aromatic N) is 2. The van der Waals surface area contributed by atoms with Crippen molar-refractivity contribution in [3.63, 3.8) is 0 Å². The zero-order chi connectivity index (χ0) is 13.8. The molecular formula is C14H18N2O2S. The van der Waals surface area contributed by atoms with Crippen molar-refractivity contribution in [2.75, 3.05) is 5.75 Å². The predicted molar refractivity (Wildman–Crippen MR) is 77.7 cm³/mol. The van der Waals surface area contributed by atoms with E-state index in [1.807, 2.05) is 7.05 Å². The number of carboxylic acids is 1. The van der Waals surface area contributed by atoms with Gasteiger partial charge in [-0.2, -0.15) is 0 Å². The first-order chi connectivity index (χ1) is 9.11. The molecule has 0 aliphatic heterocycles. The number of thioether (sulfide) groups is 1. The van der Waals surface area contributed by atoms with Gasteiger partial charge in [0, 0.05) is 19.2 Å². The third-order valence-electron chi connectivity index (χ3n) is 3.08. The van der Waals surface area contributed by atoms with Crippen LogP contribution in [0.15, 0.2) is 23.4 Å². The maximum atomic E-state index is 10.5. The third-order valence-corrected chi connectivity index (χ3v) is 4.19. The SMILES string of the molecule is CCc1ccc2c(c1)nc(SCCCC(=O)O)n2C. The summed E-state index contributed by atoms with van der Waals surface area (Å²) in [4.78, 5) is 15.1. The van der Waals surface area contributed by atoms with Crippen LogP contribution in [0.25, 0.3) is 11.0 Å². The molecule has 1 aromatic heterocycles. The Hall–Kier alpha value is -1.49. The van der Waals surface area contributed by atoms with Crippen molar-refractivity contribution in [1.82, 2.24) is 9.55 Å². The second kappa shape index (κ2) is 6.10. The number of carbonyl (C=O) groups is 1. The Balaban J connectivity index is 2.10. The molecule has 5 heteroatoms. The Bertz CT molecular complexity index is 592. The molecule has 0 saturated heterocycles. The summed E-state index contributed by atoms with van der Waals surface area (Å²) in [6, 6.07) is 6.35. The molecule has 1 N–H and O–H groups in total. The van der Waals surface area contributed by atoms with Gasteiger partial charge < -0.3 is 9.67 Å². The molecule has 0 saturated carbocycles. The monoisotopic (exact) mass is 278 g/mol. The highest BCUT2D eigenvalue weighted by atomic mass is 32.2. The molecule has 0 fully saturated rings. The van der Waals surface area contributed by atoms with Crippen molar-refractivity contribution >= 4 is 28.8 Å². The zero-order valence-electron chi connectivity index (χ0n) is 11.2. The molecule has 102 valence electrons. The minimum atomic E-state index is -0.738. The minimum Gasteiger partial charge on any atom is -0.481 e. The number of aryl methyl sites for hydroxylation is 2. The van der Waals surface area contributed by atoms with Gasteiger partial charge in [0.15, 0.2) is 5.16 Å². The van der Waals surface area contributed by atoms with Crippen LogP contribution in [0.2, 0.25) is 0 Å². The Kier molecular flexibility index (Phi) is 4.47. The van der Waals surface area contributed by atoms with Gasteiger partial charge in [0.2, 0.25) is 0 Å². The fourth-order valence-electron chi connectivity index (χ4n) is 1.96. The molecule has 0 bridgehead atoms. The van der Waals surface area contributed by atoms with Gasteiger partial charge in [0.05, 0.1) is 11.0 Å². The molecular weight excluding hydrogens is 260 g/mol. The Morgan fingerprint density at radius 3 is 2.95 bits per heavy atom. The summed E-state index contributed by atoms with van der Waals surface area (Å²) in [6.07, 6.45) is 1.90. The van der Waals surface area contributed by atoms with Crippen LogP contribution >= 0.6 is 11.8 Å². The zero-order valence-corrected chi connectivity index (χ0v) is 12.0. The smallest absolute Gasteiger partial charge is 0.303 e. The van der Waals surface area contributed by atoms with Crippen molar-refractivity contribution in [2.45, 2.75) is 31.3 Å². The van der Waals surface area contributed by atoms with Gasteiger partial charge in [-0.25, -0.2) is 4.98 Å². The minimum absolute atomic E-state index is 0.219. The average Bonchev–Trinajstić information content (AvgIpc) is 2.71. The number of benzene rings is 1. The van der Waals surface area contributed by atoms with Crippen molar-refractivity contribution < 1.29 is 9.90 Å². The highest BCUT2D eigenvalue weighted by molar-refractivity contribution is 7.99. The van der Waals surface area contributed by atoms with Crippen LogP contribution in [0.1, 0.15) is 25.3 Å². The van der Waals surface area contributed by atoms with Crippen LogP contribution in [0, 0.1) is 0 Å². The predicted octanol–water partition coefficient (Wildman–Crippen LogP) is 3.09. The van der Waals surface area contributed by atoms with Gasteiger partial charge >= 0.3 is 5.97 Å². The van der Waals surface area contributed by atoms with Crippen LogP contribution in [-0.4, -0.2) is 26.4 Å². The normalized spacial score (nSPS) is 11.1. The molecule has 2 aromatic rings. The summed E-state index contributed by atoms with van der Waals surface area (Å²) in [6.45, 7) is 2.13. The number of aliphatic carboxylic acids is 1. The first-order valence-corrected chi connectivity index (χ1v) is 7.40. The van der Waals surface area contributed by atoms with Crippen molar-refractivity contribution in [2.24, 2.45) is 7.05 Å². The third kappa shape index (κ3) is 3.29. The summed E-state index contributed by atoms with van der Waals surface area (Å²) >= 11 is 1.62. The molecule has 2 rings (SSSR count). The van der Waals surface area contributed by atoms with Crippen LogP contribution in [0.5, 0.6) is 0 Å². The summed E-state index contributed by atoms with van der Waals surface area (Å²) in [7, 11) is 2.00. The molecule has 19 heavy (non-hydrogen) atoms. The molecule has 1 aromatic carbocycles. The van der Waals surface area contributed by atoms with Crippen molar-refractivity contribution in [3.8, 4) is 0 Å². The lowest BCUT2D eigenvalue weighted by Crippen LogP contribution is -1.96. The van der Waals surface area contributed by atoms with Gasteiger partial charge in [-0.1, -0.05) is 24.8 Å². The van der Waals surface area contributed by atoms with E-state index in [0.29, 0.717) is 6.42 Å². The van der Waals surface area contributed by atoms with Crippen molar-refractivity contribution in [1.29, 1.82) is 0 Å². The number of imidazole rings is 1. The van der Waals surface area contributed by atoms with Gasteiger partial charge in [-0.05, 0) is 30.5 Å². The molecule has 0 atom stereocenters. The molecule has 0 spiro atoms. The number of aromatic nitrogens is 2. The highest BCUT2D eigenvalue weighted by Crippen LogP contribution is 2.24. The molecule has 0 radical (unpaired) electrons. The molecule has 0 amide bonds. The van der Waals surface area contributed by atoms with E-state index in [1.54, 1.807) is 11.8 Å². The molecule has 1 heterocycles. The van der Waals surface area contributed by atoms with Gasteiger partial charge in [-0.15, -0.1) is 0 Å². The topological polar surface area (TPSA) is 55.1 Å². The van der Waals surface area contributed by atoms with Gasteiger partial charge in [-0.3, -0.25) is 4.79 Å². The van der Waals surface area contributed by atoms with E-state index in [9.17, 15) is 4.79 Å². The number of rotatable bonds is 6. The van der Waals surface area contributed by atoms with E-state index in [-0.39, 0.29) is 6.42 Å². The molecule has 4 nitrogen and oxygen atoms in total. The number of hydrogen-bond donors (Lipinski definition) is 1. The lowest BCUT2D eigenvalue weighted by Gasteiger charge is -2.01. The molecule has 0 aliphatic carbocycles. The van der Waals surface area contributed by atoms with Crippen LogP contribution in [0.3, 0.4) is 0 Å². The summed E-state index contributed by atoms with van der Waals surface area (Å²) in [5.41, 5.74) is 3.42. The maximum Gasteiger partial charge on any atom is 0.303 e. The second-order valence-corrected chi connectivity index (χ2v) is 5.54. The Morgan fingerprint density at radius 1 is 1.47 bits per heavy atom. The van der Waals surface area contributed by atoms with Crippen LogP contribution in [-0.2, 0) is 18.3 Å². The Labute approximate surface area is 116 Å². The maximum absolute atomic E-state index is 10.5. The molecule has 0 unspecified atom stereocenters. The summed E-state index contributed by atoms with van der Waals surface area (Å²) < 4.78 is 2.07. The standard InChI is InChI=1S/C14H18N2O2S/c1-3-10-6-7-12-11(9-10)15-14(16(12)2)19-8-4-5-13(17)18/h6-7,9H,3-5,8H2,1-2H3,(H,17,18). The van der Waals surface area contributed by atoms with E-state index in [1.165, 1.54) is 5.56 Å². The summed E-state index contributed by atoms with van der Waals surface area (Å²) in [5.74, 6) is 0.0441. The van der Waals surface area contributed by atoms with Crippen LogP contribution < -0.4 is 0 Å². The molecule has 0 aliphatic rings. The summed E-state index contributed by atoms with van der Waals surface area (Å²) in [5, 5.41) is 9.56. The second-order valence-electron chi connectivity index (χ2n) is 4.48. The van der Waals surface area contributed by atoms with Crippen LogP contribution in [0.4, 0.5) is 0 Å². The van der Waals surface area contributed by atoms with E-state index in [0.717, 1.165) is 28.4 Å². The first kappa shape index (κ1) is 13.9. The number of fused-ring (bicyclic) bond motifs is 1. The lowest BCUT2D eigenvalue weighted by molar-refractivity contribution is -0.137. The van der Waals surface area contributed by atoms with E-state index >= 15 is 0 Å².